The van der Waals surface area contributed by atoms with Gasteiger partial charge in [-0.2, -0.15) is 0 Å². The monoisotopic (exact) mass is 401 g/mol. The number of thiophene rings is 1. The third-order valence-corrected chi connectivity index (χ3v) is 5.22. The number of Topliss-reactive ketones (excluding diaryl/α,β-unsaturated/α-hetero) is 1. The lowest BCUT2D eigenvalue weighted by molar-refractivity contribution is -0.148. The minimum Gasteiger partial charge on any atom is -0.456 e. The maximum Gasteiger partial charge on any atom is 0.306 e. The first kappa shape index (κ1) is 21.8. The molecule has 0 unspecified atom stereocenters. The molecule has 0 radical (unpaired) electrons. The summed E-state index contributed by atoms with van der Waals surface area (Å²) in [4.78, 5) is 37.8. The minimum absolute atomic E-state index is 0.0306. The van der Waals surface area contributed by atoms with Gasteiger partial charge in [0, 0.05) is 11.3 Å². The third kappa shape index (κ3) is 7.27. The van der Waals surface area contributed by atoms with Crippen LogP contribution in [-0.2, 0) is 14.3 Å². The predicted octanol–water partition coefficient (Wildman–Crippen LogP) is 4.47. The molecule has 1 aromatic heterocycles. The van der Waals surface area contributed by atoms with E-state index in [9.17, 15) is 14.4 Å². The molecule has 1 atom stereocenters. The predicted molar refractivity (Wildman–Crippen MR) is 110 cm³/mol. The van der Waals surface area contributed by atoms with Crippen molar-refractivity contribution in [3.05, 3.63) is 57.8 Å². The molecule has 150 valence electrons. The quantitative estimate of drug-likeness (QED) is 0.471. The fourth-order valence-corrected chi connectivity index (χ4v) is 3.65. The van der Waals surface area contributed by atoms with Crippen molar-refractivity contribution in [3.8, 4) is 0 Å². The second-order valence-electron chi connectivity index (χ2n) is 7.15. The summed E-state index contributed by atoms with van der Waals surface area (Å²) in [5.74, 6) is -0.569. The van der Waals surface area contributed by atoms with E-state index in [4.69, 9.17) is 4.74 Å². The number of ether oxygens (including phenoxy) is 1. The Labute approximate surface area is 170 Å². The molecule has 2 rings (SSSR count). The van der Waals surface area contributed by atoms with Crippen LogP contribution in [0.15, 0.2) is 42.5 Å². The number of hydrogen-bond acceptors (Lipinski definition) is 5. The molecule has 0 fully saturated rings. The molecule has 1 N–H and O–H groups in total. The smallest absolute Gasteiger partial charge is 0.306 e. The number of carbonyl (C=O) groups excluding carboxylic acids is 3. The Morgan fingerprint density at radius 3 is 2.36 bits per heavy atom. The fourth-order valence-electron chi connectivity index (χ4n) is 2.81. The highest BCUT2D eigenvalue weighted by Crippen LogP contribution is 2.21. The van der Waals surface area contributed by atoms with E-state index in [1.165, 1.54) is 11.3 Å². The van der Waals surface area contributed by atoms with E-state index in [1.807, 2.05) is 43.3 Å². The summed E-state index contributed by atoms with van der Waals surface area (Å²) in [6.45, 7) is 5.77. The average Bonchev–Trinajstić information content (AvgIpc) is 3.10. The number of rotatable bonds is 10. The Morgan fingerprint density at radius 1 is 1.04 bits per heavy atom. The number of nitrogens with one attached hydrogen (secondary N) is 1. The standard InChI is InChI=1S/C22H27NO4S/c1-15(2)13-18(17-7-5-4-6-8-17)23-21(25)14-27-22(26)12-10-19(24)20-11-9-16(3)28-20/h4-9,11,15,18H,10,12-14H2,1-3H3,(H,23,25)/t18-/m1/s1. The molecule has 1 aromatic carbocycles. The Hall–Kier alpha value is -2.47. The number of aryl methyl sites for hydroxylation is 1. The minimum atomic E-state index is -0.545. The van der Waals surface area contributed by atoms with Crippen LogP contribution in [0, 0.1) is 12.8 Å². The van der Waals surface area contributed by atoms with Gasteiger partial charge in [0.25, 0.3) is 5.91 Å². The molecule has 2 aromatic rings. The zero-order valence-corrected chi connectivity index (χ0v) is 17.4. The number of amides is 1. The second kappa shape index (κ2) is 10.8. The van der Waals surface area contributed by atoms with Crippen molar-refractivity contribution in [2.45, 2.75) is 46.1 Å². The van der Waals surface area contributed by atoms with Crippen molar-refractivity contribution < 1.29 is 19.1 Å². The topological polar surface area (TPSA) is 72.5 Å². The van der Waals surface area contributed by atoms with Crippen LogP contribution in [0.25, 0.3) is 0 Å². The zero-order valence-electron chi connectivity index (χ0n) is 16.6. The van der Waals surface area contributed by atoms with Gasteiger partial charge >= 0.3 is 5.97 Å². The van der Waals surface area contributed by atoms with Crippen molar-refractivity contribution in [3.63, 3.8) is 0 Å². The SMILES string of the molecule is Cc1ccc(C(=O)CCC(=O)OCC(=O)N[C@H](CC(C)C)c2ccccc2)s1. The first-order valence-corrected chi connectivity index (χ1v) is 10.3. The van der Waals surface area contributed by atoms with Gasteiger partial charge < -0.3 is 10.1 Å². The van der Waals surface area contributed by atoms with E-state index in [1.54, 1.807) is 6.07 Å². The lowest BCUT2D eigenvalue weighted by Crippen LogP contribution is -2.33. The molecular formula is C22H27NO4S. The molecule has 1 heterocycles. The molecule has 0 aliphatic heterocycles. The summed E-state index contributed by atoms with van der Waals surface area (Å²) >= 11 is 1.41. The Morgan fingerprint density at radius 2 is 1.75 bits per heavy atom. The lowest BCUT2D eigenvalue weighted by atomic mass is 9.97. The zero-order chi connectivity index (χ0) is 20.5. The molecule has 0 aliphatic carbocycles. The number of esters is 1. The lowest BCUT2D eigenvalue weighted by Gasteiger charge is -2.21. The second-order valence-corrected chi connectivity index (χ2v) is 8.44. The van der Waals surface area contributed by atoms with Crippen LogP contribution in [0.2, 0.25) is 0 Å². The molecule has 0 spiro atoms. The molecule has 6 heteroatoms. The molecule has 28 heavy (non-hydrogen) atoms. The average molecular weight is 402 g/mol. The highest BCUT2D eigenvalue weighted by molar-refractivity contribution is 7.14. The van der Waals surface area contributed by atoms with Crippen LogP contribution in [0.4, 0.5) is 0 Å². The van der Waals surface area contributed by atoms with Crippen molar-refractivity contribution in [1.82, 2.24) is 5.32 Å². The normalized spacial score (nSPS) is 11.9. The first-order chi connectivity index (χ1) is 13.3. The van der Waals surface area contributed by atoms with Gasteiger partial charge in [-0.1, -0.05) is 44.2 Å². The van der Waals surface area contributed by atoms with Crippen LogP contribution in [0.3, 0.4) is 0 Å². The van der Waals surface area contributed by atoms with Crippen molar-refractivity contribution >= 4 is 29.0 Å². The Balaban J connectivity index is 1.78. The summed E-state index contributed by atoms with van der Waals surface area (Å²) in [6.07, 6.45) is 0.843. The van der Waals surface area contributed by atoms with Gasteiger partial charge in [-0.15, -0.1) is 11.3 Å². The van der Waals surface area contributed by atoms with Gasteiger partial charge in [0.05, 0.1) is 17.3 Å². The van der Waals surface area contributed by atoms with Gasteiger partial charge in [0.2, 0.25) is 0 Å². The summed E-state index contributed by atoms with van der Waals surface area (Å²) in [5, 5.41) is 2.93. The van der Waals surface area contributed by atoms with Crippen molar-refractivity contribution in [2.24, 2.45) is 5.92 Å². The van der Waals surface area contributed by atoms with Crippen LogP contribution in [0.1, 0.15) is 59.3 Å². The van der Waals surface area contributed by atoms with Gasteiger partial charge in [-0.25, -0.2) is 0 Å². The van der Waals surface area contributed by atoms with E-state index in [2.05, 4.69) is 19.2 Å². The Kier molecular flexibility index (Phi) is 8.39. The largest absolute Gasteiger partial charge is 0.456 e. The Bertz CT molecular complexity index is 798. The highest BCUT2D eigenvalue weighted by Gasteiger charge is 2.18. The molecule has 0 saturated heterocycles. The number of ketones is 1. The maximum atomic E-state index is 12.2. The van der Waals surface area contributed by atoms with Crippen molar-refractivity contribution in [1.29, 1.82) is 0 Å². The fraction of sp³-hybridized carbons (Fsp3) is 0.409. The van der Waals surface area contributed by atoms with Crippen molar-refractivity contribution in [2.75, 3.05) is 6.61 Å². The van der Waals surface area contributed by atoms with Crippen LogP contribution >= 0.6 is 11.3 Å². The van der Waals surface area contributed by atoms with Gasteiger partial charge in [0.1, 0.15) is 0 Å². The van der Waals surface area contributed by atoms with E-state index >= 15 is 0 Å². The van der Waals surface area contributed by atoms with Gasteiger partial charge in [-0.05, 0) is 37.0 Å². The van der Waals surface area contributed by atoms with Crippen LogP contribution in [0.5, 0.6) is 0 Å². The summed E-state index contributed by atoms with van der Waals surface area (Å²) < 4.78 is 5.04. The van der Waals surface area contributed by atoms with E-state index in [0.29, 0.717) is 10.8 Å². The van der Waals surface area contributed by atoms with Gasteiger partial charge in [-0.3, -0.25) is 14.4 Å². The molecule has 0 aliphatic rings. The molecule has 0 bridgehead atoms. The molecule has 5 nitrogen and oxygen atoms in total. The van der Waals surface area contributed by atoms with Crippen LogP contribution in [-0.4, -0.2) is 24.3 Å². The van der Waals surface area contributed by atoms with Gasteiger partial charge in [0.15, 0.2) is 12.4 Å². The molecule has 1 amide bonds. The van der Waals surface area contributed by atoms with E-state index in [0.717, 1.165) is 16.9 Å². The maximum absolute atomic E-state index is 12.2. The number of hydrogen-bond donors (Lipinski definition) is 1. The summed E-state index contributed by atoms with van der Waals surface area (Å²) in [6, 6.07) is 13.2. The molecule has 0 saturated carbocycles. The number of carbonyl (C=O) groups is 3. The van der Waals surface area contributed by atoms with E-state index in [-0.39, 0.29) is 37.2 Å². The first-order valence-electron chi connectivity index (χ1n) is 9.44. The summed E-state index contributed by atoms with van der Waals surface area (Å²) in [5.41, 5.74) is 1.02. The highest BCUT2D eigenvalue weighted by atomic mass is 32.1. The van der Waals surface area contributed by atoms with Crippen LogP contribution < -0.4 is 5.32 Å². The van der Waals surface area contributed by atoms with E-state index < -0.39 is 5.97 Å². The number of benzene rings is 1. The summed E-state index contributed by atoms with van der Waals surface area (Å²) in [7, 11) is 0. The molecular weight excluding hydrogens is 374 g/mol. The third-order valence-electron chi connectivity index (χ3n) is 4.18.